The number of aromatic carboxylic acids is 1. The molecular formula is C16H16O4S. The number of hydrogen-bond acceptors (Lipinski definition) is 3. The van der Waals surface area contributed by atoms with E-state index in [0.717, 1.165) is 0 Å². The number of benzene rings is 2. The molecule has 1 N–H and O–H groups in total. The normalized spacial score (nSPS) is 11.3. The van der Waals surface area contributed by atoms with Gasteiger partial charge in [0.15, 0.2) is 9.84 Å². The van der Waals surface area contributed by atoms with Crippen LogP contribution in [0.1, 0.15) is 28.4 Å². The summed E-state index contributed by atoms with van der Waals surface area (Å²) in [5, 5.41) is 9.18. The predicted octanol–water partition coefficient (Wildman–Crippen LogP) is 2.92. The molecule has 0 saturated carbocycles. The summed E-state index contributed by atoms with van der Waals surface area (Å²) in [6, 6.07) is 13.1. The number of sulfone groups is 1. The molecular weight excluding hydrogens is 288 g/mol. The number of carbonyl (C=O) groups is 1. The van der Waals surface area contributed by atoms with Crippen molar-refractivity contribution in [1.82, 2.24) is 0 Å². The van der Waals surface area contributed by atoms with Crippen LogP contribution in [-0.4, -0.2) is 19.5 Å². The molecule has 5 heteroatoms. The highest BCUT2D eigenvalue weighted by Gasteiger charge is 2.19. The van der Waals surface area contributed by atoms with Crippen molar-refractivity contribution in [2.24, 2.45) is 0 Å². The molecule has 0 heterocycles. The monoisotopic (exact) mass is 304 g/mol. The quantitative estimate of drug-likeness (QED) is 0.922. The Bertz CT molecular complexity index is 749. The van der Waals surface area contributed by atoms with Gasteiger partial charge >= 0.3 is 5.97 Å². The lowest BCUT2D eigenvalue weighted by Gasteiger charge is -2.08. The van der Waals surface area contributed by atoms with Gasteiger partial charge in [-0.2, -0.15) is 0 Å². The van der Waals surface area contributed by atoms with Gasteiger partial charge in [0.05, 0.1) is 16.2 Å². The number of aryl methyl sites for hydroxylation is 1. The van der Waals surface area contributed by atoms with Crippen LogP contribution in [0.4, 0.5) is 0 Å². The molecule has 2 aromatic carbocycles. The van der Waals surface area contributed by atoms with Crippen molar-refractivity contribution in [2.45, 2.75) is 24.0 Å². The lowest BCUT2D eigenvalue weighted by atomic mass is 10.1. The Balaban J connectivity index is 2.41. The van der Waals surface area contributed by atoms with Crippen molar-refractivity contribution >= 4 is 15.8 Å². The second-order valence-electron chi connectivity index (χ2n) is 4.72. The second-order valence-corrected chi connectivity index (χ2v) is 6.71. The maximum atomic E-state index is 12.4. The molecule has 0 unspecified atom stereocenters. The first-order valence-electron chi connectivity index (χ1n) is 6.57. The third-order valence-electron chi connectivity index (χ3n) is 3.25. The van der Waals surface area contributed by atoms with Crippen LogP contribution in [0, 0.1) is 0 Å². The standard InChI is InChI=1S/C16H16O4S/c1-2-13-8-9-14(10-15(13)16(17)18)21(19,20)11-12-6-4-3-5-7-12/h3-10H,2,11H2,1H3,(H,17,18). The minimum Gasteiger partial charge on any atom is -0.478 e. The summed E-state index contributed by atoms with van der Waals surface area (Å²) in [7, 11) is -3.56. The summed E-state index contributed by atoms with van der Waals surface area (Å²) in [5.74, 6) is -1.25. The smallest absolute Gasteiger partial charge is 0.336 e. The maximum Gasteiger partial charge on any atom is 0.336 e. The van der Waals surface area contributed by atoms with Crippen LogP contribution >= 0.6 is 0 Å². The van der Waals surface area contributed by atoms with Gasteiger partial charge < -0.3 is 5.11 Å². The molecule has 0 bridgehead atoms. The van der Waals surface area contributed by atoms with Crippen LogP contribution in [0.15, 0.2) is 53.4 Å². The highest BCUT2D eigenvalue weighted by molar-refractivity contribution is 7.90. The van der Waals surface area contributed by atoms with Crippen molar-refractivity contribution in [3.63, 3.8) is 0 Å². The molecule has 0 radical (unpaired) electrons. The molecule has 0 aromatic heterocycles. The molecule has 0 saturated heterocycles. The molecule has 0 fully saturated rings. The van der Waals surface area contributed by atoms with Gasteiger partial charge in [-0.3, -0.25) is 0 Å². The molecule has 2 rings (SSSR count). The Kier molecular flexibility index (Phi) is 4.43. The number of carboxylic acid groups (broad SMARTS) is 1. The fraction of sp³-hybridized carbons (Fsp3) is 0.188. The van der Waals surface area contributed by atoms with E-state index in [9.17, 15) is 18.3 Å². The Morgan fingerprint density at radius 2 is 1.76 bits per heavy atom. The van der Waals surface area contributed by atoms with E-state index in [4.69, 9.17) is 0 Å². The van der Waals surface area contributed by atoms with Crippen LogP contribution in [0.25, 0.3) is 0 Å². The summed E-state index contributed by atoms with van der Waals surface area (Å²) in [4.78, 5) is 11.3. The molecule has 2 aromatic rings. The van der Waals surface area contributed by atoms with Crippen molar-refractivity contribution in [3.8, 4) is 0 Å². The fourth-order valence-corrected chi connectivity index (χ4v) is 3.50. The Hall–Kier alpha value is -2.14. The van der Waals surface area contributed by atoms with E-state index in [0.29, 0.717) is 17.5 Å². The van der Waals surface area contributed by atoms with E-state index in [2.05, 4.69) is 0 Å². The molecule has 0 atom stereocenters. The summed E-state index contributed by atoms with van der Waals surface area (Å²) >= 11 is 0. The molecule has 4 nitrogen and oxygen atoms in total. The maximum absolute atomic E-state index is 12.4. The van der Waals surface area contributed by atoms with Crippen molar-refractivity contribution < 1.29 is 18.3 Å². The first-order chi connectivity index (χ1) is 9.94. The average molecular weight is 304 g/mol. The largest absolute Gasteiger partial charge is 0.478 e. The first kappa shape index (κ1) is 15.3. The first-order valence-corrected chi connectivity index (χ1v) is 8.22. The third-order valence-corrected chi connectivity index (χ3v) is 4.94. The summed E-state index contributed by atoms with van der Waals surface area (Å²) in [6.07, 6.45) is 0.542. The summed E-state index contributed by atoms with van der Waals surface area (Å²) in [6.45, 7) is 1.83. The molecule has 0 aliphatic carbocycles. The molecule has 0 amide bonds. The summed E-state index contributed by atoms with van der Waals surface area (Å²) in [5.41, 5.74) is 1.35. The van der Waals surface area contributed by atoms with Gasteiger partial charge in [-0.1, -0.05) is 43.3 Å². The van der Waals surface area contributed by atoms with Crippen molar-refractivity contribution in [2.75, 3.05) is 0 Å². The minimum absolute atomic E-state index is 0.0425. The second kappa shape index (κ2) is 6.10. The lowest BCUT2D eigenvalue weighted by molar-refractivity contribution is 0.0695. The predicted molar refractivity (Wildman–Crippen MR) is 80.1 cm³/mol. The highest BCUT2D eigenvalue weighted by Crippen LogP contribution is 2.20. The molecule has 0 aliphatic rings. The van der Waals surface area contributed by atoms with E-state index in [1.165, 1.54) is 12.1 Å². The van der Waals surface area contributed by atoms with Crippen LogP contribution in [0.5, 0.6) is 0 Å². The van der Waals surface area contributed by atoms with Gasteiger partial charge in [0.2, 0.25) is 0 Å². The van der Waals surface area contributed by atoms with Crippen molar-refractivity contribution in [3.05, 3.63) is 65.2 Å². The van der Waals surface area contributed by atoms with Gasteiger partial charge in [-0.25, -0.2) is 13.2 Å². The van der Waals surface area contributed by atoms with Gasteiger partial charge in [-0.05, 0) is 29.7 Å². The zero-order valence-corrected chi connectivity index (χ0v) is 12.4. The van der Waals surface area contributed by atoms with E-state index in [1.54, 1.807) is 30.3 Å². The number of rotatable bonds is 5. The topological polar surface area (TPSA) is 71.4 Å². The zero-order chi connectivity index (χ0) is 15.5. The third kappa shape index (κ3) is 3.49. The zero-order valence-electron chi connectivity index (χ0n) is 11.6. The van der Waals surface area contributed by atoms with E-state index in [-0.39, 0.29) is 16.2 Å². The highest BCUT2D eigenvalue weighted by atomic mass is 32.2. The molecule has 0 spiro atoms. The Morgan fingerprint density at radius 3 is 2.33 bits per heavy atom. The molecule has 21 heavy (non-hydrogen) atoms. The van der Waals surface area contributed by atoms with E-state index < -0.39 is 15.8 Å². The average Bonchev–Trinajstić information content (AvgIpc) is 2.47. The summed E-state index contributed by atoms with van der Waals surface area (Å²) < 4.78 is 24.8. The van der Waals surface area contributed by atoms with E-state index in [1.807, 2.05) is 13.0 Å². The van der Waals surface area contributed by atoms with E-state index >= 15 is 0 Å². The molecule has 110 valence electrons. The fourth-order valence-electron chi connectivity index (χ4n) is 2.13. The number of carboxylic acids is 1. The van der Waals surface area contributed by atoms with Gasteiger partial charge in [0, 0.05) is 0 Å². The van der Waals surface area contributed by atoms with Crippen molar-refractivity contribution in [1.29, 1.82) is 0 Å². The van der Waals surface area contributed by atoms with Crippen LogP contribution in [-0.2, 0) is 22.0 Å². The molecule has 0 aliphatic heterocycles. The minimum atomic E-state index is -3.56. The lowest BCUT2D eigenvalue weighted by Crippen LogP contribution is -2.08. The SMILES string of the molecule is CCc1ccc(S(=O)(=O)Cc2ccccc2)cc1C(=O)O. The van der Waals surface area contributed by atoms with Crippen LogP contribution < -0.4 is 0 Å². The van der Waals surface area contributed by atoms with Crippen LogP contribution in [0.2, 0.25) is 0 Å². The Morgan fingerprint density at radius 1 is 1.10 bits per heavy atom. The van der Waals surface area contributed by atoms with Gasteiger partial charge in [-0.15, -0.1) is 0 Å². The Labute approximate surface area is 124 Å². The van der Waals surface area contributed by atoms with Gasteiger partial charge in [0.25, 0.3) is 0 Å². The van der Waals surface area contributed by atoms with Crippen LogP contribution in [0.3, 0.4) is 0 Å². The van der Waals surface area contributed by atoms with Gasteiger partial charge in [0.1, 0.15) is 0 Å². The number of hydrogen-bond donors (Lipinski definition) is 1.